The van der Waals surface area contributed by atoms with Crippen molar-refractivity contribution in [1.82, 2.24) is 5.32 Å². The Balaban J connectivity index is 2.17. The Morgan fingerprint density at radius 2 is 1.67 bits per heavy atom. The zero-order valence-electron chi connectivity index (χ0n) is 11.9. The summed E-state index contributed by atoms with van der Waals surface area (Å²) in [7, 11) is 1.17. The first-order chi connectivity index (χ1) is 10.0. The molecule has 1 amide bonds. The van der Waals surface area contributed by atoms with E-state index in [0.29, 0.717) is 0 Å². The van der Waals surface area contributed by atoms with Gasteiger partial charge in [0.2, 0.25) is 0 Å². The zero-order chi connectivity index (χ0) is 15.4. The molecule has 3 N–H and O–H groups in total. The van der Waals surface area contributed by atoms with E-state index in [9.17, 15) is 19.8 Å². The number of hydrogen-bond donors (Lipinski definition) is 3. The van der Waals surface area contributed by atoms with Crippen molar-refractivity contribution in [2.45, 2.75) is 38.1 Å². The summed E-state index contributed by atoms with van der Waals surface area (Å²) in [4.78, 5) is 23.5. The van der Waals surface area contributed by atoms with Gasteiger partial charge in [-0.1, -0.05) is 19.3 Å². The fraction of sp³-hybridized carbons (Fsp3) is 0.467. The van der Waals surface area contributed by atoms with Crippen molar-refractivity contribution >= 4 is 11.9 Å². The second kappa shape index (κ2) is 6.47. The maximum absolute atomic E-state index is 12.1. The molecule has 1 saturated carbocycles. The number of nitrogens with one attached hydrogen (secondary N) is 1. The molecule has 0 spiro atoms. The van der Waals surface area contributed by atoms with E-state index in [0.717, 1.165) is 25.7 Å². The first-order valence-electron chi connectivity index (χ1n) is 6.98. The minimum absolute atomic E-state index is 0.0503. The predicted molar refractivity (Wildman–Crippen MR) is 75.5 cm³/mol. The van der Waals surface area contributed by atoms with Gasteiger partial charge in [-0.25, -0.2) is 4.79 Å². The molecule has 1 aromatic carbocycles. The fourth-order valence-electron chi connectivity index (χ4n) is 2.55. The lowest BCUT2D eigenvalue weighted by Crippen LogP contribution is -2.36. The van der Waals surface area contributed by atoms with Gasteiger partial charge in [0.1, 0.15) is 5.56 Å². The van der Waals surface area contributed by atoms with Crippen LogP contribution in [0.2, 0.25) is 0 Å². The smallest absolute Gasteiger partial charge is 0.341 e. The maximum atomic E-state index is 12.1. The summed E-state index contributed by atoms with van der Waals surface area (Å²) in [5.74, 6) is -2.47. The Morgan fingerprint density at radius 3 is 2.29 bits per heavy atom. The van der Waals surface area contributed by atoms with E-state index in [-0.39, 0.29) is 17.2 Å². The molecule has 0 aromatic heterocycles. The fourth-order valence-corrected chi connectivity index (χ4v) is 2.55. The van der Waals surface area contributed by atoms with E-state index < -0.39 is 23.4 Å². The molecule has 0 atom stereocenters. The summed E-state index contributed by atoms with van der Waals surface area (Å²) < 4.78 is 4.48. The van der Waals surface area contributed by atoms with Gasteiger partial charge in [-0.3, -0.25) is 4.79 Å². The molecular formula is C15H19NO5. The van der Waals surface area contributed by atoms with E-state index >= 15 is 0 Å². The number of aromatic hydroxyl groups is 2. The van der Waals surface area contributed by atoms with Crippen molar-refractivity contribution in [2.75, 3.05) is 7.11 Å². The first-order valence-corrected chi connectivity index (χ1v) is 6.98. The molecule has 21 heavy (non-hydrogen) atoms. The Labute approximate surface area is 122 Å². The minimum atomic E-state index is -0.776. The second-order valence-electron chi connectivity index (χ2n) is 5.16. The molecule has 2 rings (SSSR count). The van der Waals surface area contributed by atoms with Crippen molar-refractivity contribution in [3.05, 3.63) is 23.3 Å². The topological polar surface area (TPSA) is 95.9 Å². The number of carbonyl (C=O) groups excluding carboxylic acids is 2. The van der Waals surface area contributed by atoms with E-state index in [1.807, 2.05) is 0 Å². The van der Waals surface area contributed by atoms with Crippen LogP contribution in [0.25, 0.3) is 0 Å². The van der Waals surface area contributed by atoms with Crippen LogP contribution in [0.4, 0.5) is 0 Å². The number of hydrogen-bond acceptors (Lipinski definition) is 5. The highest BCUT2D eigenvalue weighted by Gasteiger charge is 2.23. The molecule has 114 valence electrons. The summed E-state index contributed by atoms with van der Waals surface area (Å²) >= 11 is 0. The van der Waals surface area contributed by atoms with Crippen molar-refractivity contribution in [2.24, 2.45) is 0 Å². The number of rotatable bonds is 3. The Bertz CT molecular complexity index is 549. The van der Waals surface area contributed by atoms with Crippen LogP contribution in [0.3, 0.4) is 0 Å². The number of benzene rings is 1. The third-order valence-corrected chi connectivity index (χ3v) is 3.74. The van der Waals surface area contributed by atoms with Gasteiger partial charge in [0, 0.05) is 6.04 Å². The van der Waals surface area contributed by atoms with Gasteiger partial charge < -0.3 is 20.3 Å². The molecule has 1 aromatic rings. The average Bonchev–Trinajstić information content (AvgIpc) is 2.50. The number of ether oxygens (including phenoxy) is 1. The van der Waals surface area contributed by atoms with Gasteiger partial charge in [0.25, 0.3) is 5.91 Å². The monoisotopic (exact) mass is 293 g/mol. The van der Waals surface area contributed by atoms with Gasteiger partial charge >= 0.3 is 5.97 Å². The molecule has 1 aliphatic carbocycles. The van der Waals surface area contributed by atoms with E-state index in [1.54, 1.807) is 0 Å². The van der Waals surface area contributed by atoms with Crippen molar-refractivity contribution < 1.29 is 24.5 Å². The molecule has 6 nitrogen and oxygen atoms in total. The lowest BCUT2D eigenvalue weighted by Gasteiger charge is -2.23. The summed E-state index contributed by atoms with van der Waals surface area (Å²) in [6.07, 6.45) is 5.15. The largest absolute Gasteiger partial charge is 0.504 e. The lowest BCUT2D eigenvalue weighted by atomic mass is 9.95. The summed E-state index contributed by atoms with van der Waals surface area (Å²) in [6.45, 7) is 0. The average molecular weight is 293 g/mol. The zero-order valence-corrected chi connectivity index (χ0v) is 11.9. The number of phenolic OH excluding ortho intramolecular Hbond substituents is 2. The van der Waals surface area contributed by atoms with Crippen LogP contribution in [0.5, 0.6) is 11.5 Å². The number of amides is 1. The highest BCUT2D eigenvalue weighted by Crippen LogP contribution is 2.33. The van der Waals surface area contributed by atoms with Crippen LogP contribution in [0.15, 0.2) is 12.1 Å². The standard InChI is InChI=1S/C15H19NO5/c1-21-15(20)11-8-7-10(12(17)13(11)18)14(19)16-9-5-3-2-4-6-9/h7-9,17-18H,2-6H2,1H3,(H,16,19). The van der Waals surface area contributed by atoms with E-state index in [4.69, 9.17) is 0 Å². The highest BCUT2D eigenvalue weighted by atomic mass is 16.5. The van der Waals surface area contributed by atoms with Crippen LogP contribution in [-0.2, 0) is 4.74 Å². The lowest BCUT2D eigenvalue weighted by molar-refractivity contribution is 0.0596. The Hall–Kier alpha value is -2.24. The van der Waals surface area contributed by atoms with Crippen molar-refractivity contribution in [3.63, 3.8) is 0 Å². The third-order valence-electron chi connectivity index (χ3n) is 3.74. The number of carbonyl (C=O) groups is 2. The molecule has 0 radical (unpaired) electrons. The molecule has 0 heterocycles. The van der Waals surface area contributed by atoms with Gasteiger partial charge in [-0.15, -0.1) is 0 Å². The van der Waals surface area contributed by atoms with Crippen LogP contribution in [-0.4, -0.2) is 35.2 Å². The molecule has 0 saturated heterocycles. The Kier molecular flexibility index (Phi) is 4.67. The third kappa shape index (κ3) is 3.26. The summed E-state index contributed by atoms with van der Waals surface area (Å²) in [5.41, 5.74) is -0.227. The molecular weight excluding hydrogens is 274 g/mol. The maximum Gasteiger partial charge on any atom is 0.341 e. The van der Waals surface area contributed by atoms with Crippen LogP contribution in [0, 0.1) is 0 Å². The summed E-state index contributed by atoms with van der Waals surface area (Å²) in [5, 5.41) is 22.5. The number of methoxy groups -OCH3 is 1. The van der Waals surface area contributed by atoms with Gasteiger partial charge in [-0.05, 0) is 25.0 Å². The van der Waals surface area contributed by atoms with E-state index in [1.165, 1.54) is 25.7 Å². The molecule has 0 unspecified atom stereocenters. The van der Waals surface area contributed by atoms with Gasteiger partial charge in [-0.2, -0.15) is 0 Å². The number of phenols is 2. The SMILES string of the molecule is COC(=O)c1ccc(C(=O)NC2CCCCC2)c(O)c1O. The number of esters is 1. The molecule has 0 bridgehead atoms. The quantitative estimate of drug-likeness (QED) is 0.584. The normalized spacial score (nSPS) is 15.5. The predicted octanol–water partition coefficient (Wildman–Crippen LogP) is 1.95. The molecule has 1 fully saturated rings. The van der Waals surface area contributed by atoms with E-state index in [2.05, 4.69) is 10.1 Å². The minimum Gasteiger partial charge on any atom is -0.504 e. The first kappa shape index (κ1) is 15.2. The van der Waals surface area contributed by atoms with Gasteiger partial charge in [0.15, 0.2) is 11.5 Å². The Morgan fingerprint density at radius 1 is 1.10 bits per heavy atom. The molecule has 0 aliphatic heterocycles. The molecule has 6 heteroatoms. The summed E-state index contributed by atoms with van der Waals surface area (Å²) in [6, 6.07) is 2.66. The molecule has 1 aliphatic rings. The van der Waals surface area contributed by atoms with Crippen molar-refractivity contribution in [1.29, 1.82) is 0 Å². The van der Waals surface area contributed by atoms with Crippen LogP contribution in [0.1, 0.15) is 52.8 Å². The van der Waals surface area contributed by atoms with Gasteiger partial charge in [0.05, 0.1) is 12.7 Å². The van der Waals surface area contributed by atoms with Crippen LogP contribution < -0.4 is 5.32 Å². The van der Waals surface area contributed by atoms with Crippen LogP contribution >= 0.6 is 0 Å². The van der Waals surface area contributed by atoms with Crippen molar-refractivity contribution in [3.8, 4) is 11.5 Å². The second-order valence-corrected chi connectivity index (χ2v) is 5.16. The highest BCUT2D eigenvalue weighted by molar-refractivity contribution is 6.01.